The summed E-state index contributed by atoms with van der Waals surface area (Å²) in [6, 6.07) is 6.26. The van der Waals surface area contributed by atoms with Crippen LogP contribution < -0.4 is 10.1 Å². The Morgan fingerprint density at radius 3 is 2.80 bits per heavy atom. The number of para-hydroxylation sites is 1. The molecule has 2 rings (SSSR count). The standard InChI is InChI=1S/C15H20N2O3/c1-4-12(17(2)3)15(19)16-11-9-20-13-8-6-5-7-10(13)14(11)18/h5-8,11-12H,4,9H2,1-3H3,(H,16,19)/t11-,12+/m1/s1. The van der Waals surface area contributed by atoms with Gasteiger partial charge in [-0.15, -0.1) is 0 Å². The van der Waals surface area contributed by atoms with Crippen molar-refractivity contribution in [2.24, 2.45) is 0 Å². The van der Waals surface area contributed by atoms with Gasteiger partial charge in [-0.25, -0.2) is 0 Å². The predicted molar refractivity (Wildman–Crippen MR) is 76.0 cm³/mol. The van der Waals surface area contributed by atoms with Gasteiger partial charge in [0, 0.05) is 0 Å². The fourth-order valence-electron chi connectivity index (χ4n) is 2.39. The first kappa shape index (κ1) is 14.5. The molecule has 0 fully saturated rings. The minimum Gasteiger partial charge on any atom is -0.490 e. The lowest BCUT2D eigenvalue weighted by Crippen LogP contribution is -2.52. The molecule has 20 heavy (non-hydrogen) atoms. The van der Waals surface area contributed by atoms with Crippen molar-refractivity contribution < 1.29 is 14.3 Å². The molecule has 0 spiro atoms. The third-order valence-corrected chi connectivity index (χ3v) is 3.50. The van der Waals surface area contributed by atoms with E-state index < -0.39 is 6.04 Å². The van der Waals surface area contributed by atoms with E-state index in [4.69, 9.17) is 4.74 Å². The second kappa shape index (κ2) is 6.05. The van der Waals surface area contributed by atoms with Crippen LogP contribution in [0.2, 0.25) is 0 Å². The van der Waals surface area contributed by atoms with Gasteiger partial charge in [-0.2, -0.15) is 0 Å². The number of benzene rings is 1. The zero-order chi connectivity index (χ0) is 14.7. The Hall–Kier alpha value is -1.88. The molecule has 2 atom stereocenters. The topological polar surface area (TPSA) is 58.6 Å². The van der Waals surface area contributed by atoms with E-state index in [9.17, 15) is 9.59 Å². The van der Waals surface area contributed by atoms with Crippen molar-refractivity contribution in [3.8, 4) is 5.75 Å². The number of ether oxygens (including phenoxy) is 1. The molecule has 1 aromatic rings. The molecule has 1 amide bonds. The van der Waals surface area contributed by atoms with E-state index in [0.717, 1.165) is 0 Å². The van der Waals surface area contributed by atoms with Crippen LogP contribution >= 0.6 is 0 Å². The molecular weight excluding hydrogens is 256 g/mol. The molecule has 0 saturated heterocycles. The number of fused-ring (bicyclic) bond motifs is 1. The zero-order valence-electron chi connectivity index (χ0n) is 12.1. The van der Waals surface area contributed by atoms with Gasteiger partial charge in [0.25, 0.3) is 0 Å². The number of hydrogen-bond donors (Lipinski definition) is 1. The second-order valence-corrected chi connectivity index (χ2v) is 5.12. The summed E-state index contributed by atoms with van der Waals surface area (Å²) in [5, 5.41) is 2.79. The van der Waals surface area contributed by atoms with Gasteiger partial charge in [-0.3, -0.25) is 14.5 Å². The Kier molecular flexibility index (Phi) is 4.39. The Labute approximate surface area is 118 Å². The summed E-state index contributed by atoms with van der Waals surface area (Å²) in [6.45, 7) is 2.13. The molecule has 0 aliphatic carbocycles. The zero-order valence-corrected chi connectivity index (χ0v) is 12.1. The van der Waals surface area contributed by atoms with Crippen molar-refractivity contribution in [1.29, 1.82) is 0 Å². The van der Waals surface area contributed by atoms with Crippen molar-refractivity contribution in [2.45, 2.75) is 25.4 Å². The number of amides is 1. The molecule has 1 N–H and O–H groups in total. The lowest BCUT2D eigenvalue weighted by molar-refractivity contribution is -0.126. The van der Waals surface area contributed by atoms with E-state index >= 15 is 0 Å². The number of nitrogens with zero attached hydrogens (tertiary/aromatic N) is 1. The largest absolute Gasteiger partial charge is 0.490 e. The summed E-state index contributed by atoms with van der Waals surface area (Å²) < 4.78 is 5.53. The highest BCUT2D eigenvalue weighted by Gasteiger charge is 2.31. The van der Waals surface area contributed by atoms with Crippen LogP contribution in [-0.2, 0) is 4.79 Å². The van der Waals surface area contributed by atoms with Gasteiger partial charge in [0.15, 0.2) is 5.78 Å². The van der Waals surface area contributed by atoms with E-state index in [2.05, 4.69) is 5.32 Å². The SMILES string of the molecule is CC[C@@H](C(=O)N[C@@H]1COc2ccccc2C1=O)N(C)C. The van der Waals surface area contributed by atoms with Gasteiger partial charge < -0.3 is 10.1 Å². The molecule has 1 aliphatic rings. The van der Waals surface area contributed by atoms with Crippen molar-refractivity contribution in [2.75, 3.05) is 20.7 Å². The molecule has 5 heteroatoms. The third kappa shape index (κ3) is 2.82. The lowest BCUT2D eigenvalue weighted by Gasteiger charge is -2.28. The number of likely N-dealkylation sites (N-methyl/N-ethyl adjacent to an activating group) is 1. The number of nitrogens with one attached hydrogen (secondary N) is 1. The average Bonchev–Trinajstić information content (AvgIpc) is 2.42. The van der Waals surface area contributed by atoms with Gasteiger partial charge >= 0.3 is 0 Å². The van der Waals surface area contributed by atoms with E-state index in [0.29, 0.717) is 17.7 Å². The monoisotopic (exact) mass is 276 g/mol. The molecular formula is C15H20N2O3. The summed E-state index contributed by atoms with van der Waals surface area (Å²) in [5.74, 6) is 0.357. The number of Topliss-reactive ketones (excluding diaryl/α,β-unsaturated/α-hetero) is 1. The first-order chi connectivity index (χ1) is 9.54. The molecule has 1 aromatic carbocycles. The molecule has 0 aromatic heterocycles. The molecule has 0 unspecified atom stereocenters. The Morgan fingerprint density at radius 2 is 2.15 bits per heavy atom. The highest BCUT2D eigenvalue weighted by Crippen LogP contribution is 2.24. The Morgan fingerprint density at radius 1 is 1.45 bits per heavy atom. The third-order valence-electron chi connectivity index (χ3n) is 3.50. The number of carbonyl (C=O) groups excluding carboxylic acids is 2. The maximum atomic E-state index is 12.3. The van der Waals surface area contributed by atoms with E-state index in [-0.39, 0.29) is 24.3 Å². The van der Waals surface area contributed by atoms with Crippen molar-refractivity contribution in [3.63, 3.8) is 0 Å². The smallest absolute Gasteiger partial charge is 0.238 e. The highest BCUT2D eigenvalue weighted by molar-refractivity contribution is 6.05. The molecule has 5 nitrogen and oxygen atoms in total. The summed E-state index contributed by atoms with van der Waals surface area (Å²) in [4.78, 5) is 26.4. The van der Waals surface area contributed by atoms with Crippen LogP contribution in [0.25, 0.3) is 0 Å². The summed E-state index contributed by atoms with van der Waals surface area (Å²) in [7, 11) is 3.70. The van der Waals surface area contributed by atoms with Crippen LogP contribution in [0.15, 0.2) is 24.3 Å². The van der Waals surface area contributed by atoms with Crippen LogP contribution in [0.1, 0.15) is 23.7 Å². The van der Waals surface area contributed by atoms with Crippen LogP contribution in [-0.4, -0.2) is 49.4 Å². The number of hydrogen-bond acceptors (Lipinski definition) is 4. The maximum absolute atomic E-state index is 12.3. The van der Waals surface area contributed by atoms with Crippen LogP contribution in [0.5, 0.6) is 5.75 Å². The van der Waals surface area contributed by atoms with Gasteiger partial charge in [-0.1, -0.05) is 19.1 Å². The highest BCUT2D eigenvalue weighted by atomic mass is 16.5. The lowest BCUT2D eigenvalue weighted by atomic mass is 10.0. The second-order valence-electron chi connectivity index (χ2n) is 5.12. The van der Waals surface area contributed by atoms with Crippen LogP contribution in [0.4, 0.5) is 0 Å². The van der Waals surface area contributed by atoms with Gasteiger partial charge in [0.1, 0.15) is 18.4 Å². The van der Waals surface area contributed by atoms with Crippen LogP contribution in [0, 0.1) is 0 Å². The summed E-state index contributed by atoms with van der Waals surface area (Å²) in [6.07, 6.45) is 0.692. The quantitative estimate of drug-likeness (QED) is 0.894. The van der Waals surface area contributed by atoms with Crippen molar-refractivity contribution >= 4 is 11.7 Å². The van der Waals surface area contributed by atoms with Crippen molar-refractivity contribution in [3.05, 3.63) is 29.8 Å². The number of carbonyl (C=O) groups is 2. The molecule has 0 saturated carbocycles. The number of ketones is 1. The molecule has 1 aliphatic heterocycles. The first-order valence-electron chi connectivity index (χ1n) is 6.77. The molecule has 1 heterocycles. The van der Waals surface area contributed by atoms with Gasteiger partial charge in [-0.05, 0) is 32.6 Å². The van der Waals surface area contributed by atoms with Crippen molar-refractivity contribution in [1.82, 2.24) is 10.2 Å². The Balaban J connectivity index is 2.09. The normalized spacial score (nSPS) is 19.2. The first-order valence-corrected chi connectivity index (χ1v) is 6.77. The van der Waals surface area contributed by atoms with E-state index in [1.165, 1.54) is 0 Å². The summed E-state index contributed by atoms with van der Waals surface area (Å²) >= 11 is 0. The fraction of sp³-hybridized carbons (Fsp3) is 0.467. The predicted octanol–water partition coefficient (Wildman–Crippen LogP) is 1.09. The Bertz CT molecular complexity index is 514. The average molecular weight is 276 g/mol. The van der Waals surface area contributed by atoms with Crippen LogP contribution in [0.3, 0.4) is 0 Å². The minimum atomic E-state index is -0.605. The van der Waals surface area contributed by atoms with E-state index in [1.54, 1.807) is 18.2 Å². The maximum Gasteiger partial charge on any atom is 0.238 e. The minimum absolute atomic E-state index is 0.0891. The van der Waals surface area contributed by atoms with Gasteiger partial charge in [0.2, 0.25) is 5.91 Å². The molecule has 0 radical (unpaired) electrons. The molecule has 0 bridgehead atoms. The summed E-state index contributed by atoms with van der Waals surface area (Å²) in [5.41, 5.74) is 0.530. The number of rotatable bonds is 4. The molecule has 108 valence electrons. The van der Waals surface area contributed by atoms with E-state index in [1.807, 2.05) is 32.0 Å². The van der Waals surface area contributed by atoms with Gasteiger partial charge in [0.05, 0.1) is 11.6 Å². The fourth-order valence-corrected chi connectivity index (χ4v) is 2.39.